The van der Waals surface area contributed by atoms with Gasteiger partial charge in [0.1, 0.15) is 5.69 Å². The van der Waals surface area contributed by atoms with Crippen molar-refractivity contribution < 1.29 is 4.79 Å². The SMILES string of the molecule is Cn1cc(NC(=O)c2ccc3c(c2)CCC3)c(-c2ccnn2C)n1. The van der Waals surface area contributed by atoms with Crippen LogP contribution in [0.2, 0.25) is 0 Å². The monoisotopic (exact) mass is 321 g/mol. The summed E-state index contributed by atoms with van der Waals surface area (Å²) in [6.07, 6.45) is 6.88. The number of carbonyl (C=O) groups excluding carboxylic acids is 1. The predicted molar refractivity (Wildman–Crippen MR) is 91.8 cm³/mol. The van der Waals surface area contributed by atoms with Gasteiger partial charge >= 0.3 is 0 Å². The Morgan fingerprint density at radius 1 is 1.17 bits per heavy atom. The number of fused-ring (bicyclic) bond motifs is 1. The van der Waals surface area contributed by atoms with E-state index in [9.17, 15) is 4.79 Å². The molecule has 1 amide bonds. The molecule has 0 bridgehead atoms. The second-order valence-corrected chi connectivity index (χ2v) is 6.20. The highest BCUT2D eigenvalue weighted by atomic mass is 16.1. The number of hydrogen-bond donors (Lipinski definition) is 1. The Morgan fingerprint density at radius 3 is 2.79 bits per heavy atom. The van der Waals surface area contributed by atoms with Crippen LogP contribution in [0.4, 0.5) is 5.69 Å². The van der Waals surface area contributed by atoms with Crippen LogP contribution < -0.4 is 5.32 Å². The van der Waals surface area contributed by atoms with E-state index < -0.39 is 0 Å². The summed E-state index contributed by atoms with van der Waals surface area (Å²) in [5.41, 5.74) is 5.61. The van der Waals surface area contributed by atoms with Gasteiger partial charge in [0.2, 0.25) is 0 Å². The van der Waals surface area contributed by atoms with E-state index in [1.807, 2.05) is 38.5 Å². The smallest absolute Gasteiger partial charge is 0.255 e. The van der Waals surface area contributed by atoms with Crippen LogP contribution in [0.25, 0.3) is 11.4 Å². The molecule has 1 aromatic carbocycles. The second kappa shape index (κ2) is 5.63. The van der Waals surface area contributed by atoms with Gasteiger partial charge in [-0.05, 0) is 48.6 Å². The summed E-state index contributed by atoms with van der Waals surface area (Å²) < 4.78 is 3.44. The van der Waals surface area contributed by atoms with Gasteiger partial charge in [-0.15, -0.1) is 0 Å². The fourth-order valence-corrected chi connectivity index (χ4v) is 3.28. The van der Waals surface area contributed by atoms with E-state index >= 15 is 0 Å². The number of nitrogens with one attached hydrogen (secondary N) is 1. The van der Waals surface area contributed by atoms with Crippen molar-refractivity contribution in [3.05, 3.63) is 53.3 Å². The van der Waals surface area contributed by atoms with Crippen LogP contribution in [0.15, 0.2) is 36.7 Å². The number of benzene rings is 1. The molecule has 0 unspecified atom stereocenters. The number of aryl methyl sites for hydroxylation is 4. The molecule has 0 atom stereocenters. The number of nitrogens with zero attached hydrogens (tertiary/aromatic N) is 4. The molecule has 6 nitrogen and oxygen atoms in total. The molecular formula is C18H19N5O. The lowest BCUT2D eigenvalue weighted by Crippen LogP contribution is -2.12. The first-order chi connectivity index (χ1) is 11.6. The van der Waals surface area contributed by atoms with Crippen molar-refractivity contribution in [3.63, 3.8) is 0 Å². The molecule has 2 heterocycles. The van der Waals surface area contributed by atoms with Crippen molar-refractivity contribution in [1.82, 2.24) is 19.6 Å². The molecule has 4 rings (SSSR count). The number of carbonyl (C=O) groups is 1. The molecule has 0 aliphatic heterocycles. The van der Waals surface area contributed by atoms with Gasteiger partial charge in [0.15, 0.2) is 0 Å². The van der Waals surface area contributed by atoms with Crippen LogP contribution in [-0.4, -0.2) is 25.5 Å². The molecule has 122 valence electrons. The minimum atomic E-state index is -0.110. The quantitative estimate of drug-likeness (QED) is 0.806. The fourth-order valence-electron chi connectivity index (χ4n) is 3.28. The van der Waals surface area contributed by atoms with E-state index in [2.05, 4.69) is 21.6 Å². The van der Waals surface area contributed by atoms with Gasteiger partial charge in [0.05, 0.1) is 11.4 Å². The Balaban J connectivity index is 1.64. The summed E-state index contributed by atoms with van der Waals surface area (Å²) in [7, 11) is 3.70. The van der Waals surface area contributed by atoms with E-state index in [0.717, 1.165) is 18.5 Å². The molecule has 0 saturated carbocycles. The van der Waals surface area contributed by atoms with Gasteiger partial charge in [-0.3, -0.25) is 14.2 Å². The third-order valence-electron chi connectivity index (χ3n) is 4.50. The highest BCUT2D eigenvalue weighted by Gasteiger charge is 2.18. The maximum atomic E-state index is 12.7. The molecule has 6 heteroatoms. The third-order valence-corrected chi connectivity index (χ3v) is 4.50. The van der Waals surface area contributed by atoms with E-state index in [1.54, 1.807) is 15.6 Å². The minimum Gasteiger partial charge on any atom is -0.319 e. The molecule has 0 spiro atoms. The average Bonchev–Trinajstić information content (AvgIpc) is 3.26. The van der Waals surface area contributed by atoms with Crippen LogP contribution in [0.1, 0.15) is 27.9 Å². The lowest BCUT2D eigenvalue weighted by molar-refractivity contribution is 0.102. The number of anilines is 1. The summed E-state index contributed by atoms with van der Waals surface area (Å²) >= 11 is 0. The van der Waals surface area contributed by atoms with E-state index in [4.69, 9.17) is 0 Å². The number of rotatable bonds is 3. The molecule has 2 aromatic heterocycles. The Kier molecular flexibility index (Phi) is 3.45. The molecule has 1 aliphatic carbocycles. The van der Waals surface area contributed by atoms with Crippen LogP contribution in [0.5, 0.6) is 0 Å². The Labute approximate surface area is 140 Å². The molecule has 0 fully saturated rings. The van der Waals surface area contributed by atoms with Crippen LogP contribution in [0.3, 0.4) is 0 Å². The van der Waals surface area contributed by atoms with Gasteiger partial charge < -0.3 is 5.32 Å². The van der Waals surface area contributed by atoms with Gasteiger partial charge in [-0.25, -0.2) is 0 Å². The number of amides is 1. The Morgan fingerprint density at radius 2 is 2.00 bits per heavy atom. The van der Waals surface area contributed by atoms with E-state index in [1.165, 1.54) is 17.5 Å². The highest BCUT2D eigenvalue weighted by molar-refractivity contribution is 6.06. The first-order valence-electron chi connectivity index (χ1n) is 8.07. The summed E-state index contributed by atoms with van der Waals surface area (Å²) in [6.45, 7) is 0. The van der Waals surface area contributed by atoms with Gasteiger partial charge in [-0.1, -0.05) is 6.07 Å². The first kappa shape index (κ1) is 14.7. The molecule has 24 heavy (non-hydrogen) atoms. The largest absolute Gasteiger partial charge is 0.319 e. The molecule has 3 aromatic rings. The van der Waals surface area contributed by atoms with Crippen molar-refractivity contribution in [2.75, 3.05) is 5.32 Å². The molecule has 0 radical (unpaired) electrons. The average molecular weight is 321 g/mol. The predicted octanol–water partition coefficient (Wildman–Crippen LogP) is 2.56. The standard InChI is InChI=1S/C18H19N5O/c1-22-11-15(17(21-22)16-8-9-19-23(16)2)20-18(24)14-7-6-12-4-3-5-13(12)10-14/h6-11H,3-5H2,1-2H3,(H,20,24). The molecular weight excluding hydrogens is 302 g/mol. The maximum absolute atomic E-state index is 12.7. The zero-order valence-corrected chi connectivity index (χ0v) is 13.8. The number of hydrogen-bond acceptors (Lipinski definition) is 3. The zero-order valence-electron chi connectivity index (χ0n) is 13.8. The van der Waals surface area contributed by atoms with Crippen molar-refractivity contribution >= 4 is 11.6 Å². The summed E-state index contributed by atoms with van der Waals surface area (Å²) in [6, 6.07) is 7.87. The van der Waals surface area contributed by atoms with Crippen molar-refractivity contribution in [2.45, 2.75) is 19.3 Å². The van der Waals surface area contributed by atoms with Crippen LogP contribution in [0, 0.1) is 0 Å². The van der Waals surface area contributed by atoms with Gasteiger partial charge in [0, 0.05) is 32.1 Å². The lowest BCUT2D eigenvalue weighted by atomic mass is 10.1. The third kappa shape index (κ3) is 2.50. The van der Waals surface area contributed by atoms with Gasteiger partial charge in [0.25, 0.3) is 5.91 Å². The van der Waals surface area contributed by atoms with Crippen LogP contribution in [-0.2, 0) is 26.9 Å². The number of aromatic nitrogens is 4. The fraction of sp³-hybridized carbons (Fsp3) is 0.278. The maximum Gasteiger partial charge on any atom is 0.255 e. The first-order valence-corrected chi connectivity index (χ1v) is 8.07. The summed E-state index contributed by atoms with van der Waals surface area (Å²) in [5, 5.41) is 11.6. The minimum absolute atomic E-state index is 0.110. The van der Waals surface area contributed by atoms with E-state index in [0.29, 0.717) is 16.9 Å². The summed E-state index contributed by atoms with van der Waals surface area (Å²) in [5.74, 6) is -0.110. The molecule has 1 N–H and O–H groups in total. The van der Waals surface area contributed by atoms with Crippen LogP contribution >= 0.6 is 0 Å². The van der Waals surface area contributed by atoms with E-state index in [-0.39, 0.29) is 5.91 Å². The van der Waals surface area contributed by atoms with Crippen molar-refractivity contribution in [3.8, 4) is 11.4 Å². The molecule has 0 saturated heterocycles. The Hall–Kier alpha value is -2.89. The van der Waals surface area contributed by atoms with Crippen molar-refractivity contribution in [2.24, 2.45) is 14.1 Å². The highest BCUT2D eigenvalue weighted by Crippen LogP contribution is 2.27. The molecule has 1 aliphatic rings. The zero-order chi connectivity index (χ0) is 16.7. The normalized spacial score (nSPS) is 13.1. The topological polar surface area (TPSA) is 64.7 Å². The lowest BCUT2D eigenvalue weighted by Gasteiger charge is -2.07. The van der Waals surface area contributed by atoms with Gasteiger partial charge in [-0.2, -0.15) is 10.2 Å². The Bertz CT molecular complexity index is 921. The second-order valence-electron chi connectivity index (χ2n) is 6.20. The van der Waals surface area contributed by atoms with Crippen molar-refractivity contribution in [1.29, 1.82) is 0 Å². The summed E-state index contributed by atoms with van der Waals surface area (Å²) in [4.78, 5) is 12.7.